The van der Waals surface area contributed by atoms with Crippen LogP contribution in [-0.2, 0) is 19.1 Å². The van der Waals surface area contributed by atoms with Crippen LogP contribution in [-0.4, -0.2) is 28.7 Å². The maximum atomic E-state index is 12.2. The summed E-state index contributed by atoms with van der Waals surface area (Å²) in [7, 11) is 0. The molecule has 9 heteroatoms. The molecule has 1 N–H and O–H groups in total. The second-order valence-corrected chi connectivity index (χ2v) is 7.20. The smallest absolute Gasteiger partial charge is 0.308 e. The van der Waals surface area contributed by atoms with Crippen molar-refractivity contribution in [1.82, 2.24) is 5.01 Å². The van der Waals surface area contributed by atoms with Gasteiger partial charge in [-0.2, -0.15) is 5.01 Å². The monoisotopic (exact) mass is 459 g/mol. The lowest BCUT2D eigenvalue weighted by Gasteiger charge is -2.20. The van der Waals surface area contributed by atoms with Gasteiger partial charge < -0.3 is 14.8 Å². The summed E-state index contributed by atoms with van der Waals surface area (Å²) in [6.45, 7) is 4.07. The average Bonchev–Trinajstić information content (AvgIpc) is 3.08. The van der Waals surface area contributed by atoms with Gasteiger partial charge in [-0.05, 0) is 30.3 Å². The van der Waals surface area contributed by atoms with Gasteiger partial charge in [-0.1, -0.05) is 28.1 Å². The number of benzene rings is 2. The molecule has 0 spiro atoms. The average molecular weight is 460 g/mol. The topological polar surface area (TPSA) is 97.3 Å². The third kappa shape index (κ3) is 4.80. The highest BCUT2D eigenvalue weighted by Gasteiger charge is 2.34. The molecule has 1 aliphatic heterocycles. The summed E-state index contributed by atoms with van der Waals surface area (Å²) in [5.41, 5.74) is 1.61. The summed E-state index contributed by atoms with van der Waals surface area (Å²) >= 11 is 3.37. The number of hydrogen-bond acceptors (Lipinski definition) is 6. The molecule has 0 bridgehead atoms. The van der Waals surface area contributed by atoms with Crippen LogP contribution in [0.25, 0.3) is 0 Å². The van der Waals surface area contributed by atoms with E-state index in [0.717, 1.165) is 4.47 Å². The second kappa shape index (κ2) is 8.44. The Morgan fingerprint density at radius 1 is 1.14 bits per heavy atom. The Morgan fingerprint density at radius 2 is 1.90 bits per heavy atom. The number of carbonyl (C=O) groups is 3. The molecule has 0 saturated heterocycles. The van der Waals surface area contributed by atoms with Crippen molar-refractivity contribution in [2.24, 2.45) is 5.10 Å². The summed E-state index contributed by atoms with van der Waals surface area (Å²) in [6, 6.07) is 11.9. The molecular weight excluding hydrogens is 442 g/mol. The number of amides is 2. The van der Waals surface area contributed by atoms with E-state index in [9.17, 15) is 14.4 Å². The Hall–Kier alpha value is -3.20. The Kier molecular flexibility index (Phi) is 5.97. The van der Waals surface area contributed by atoms with Crippen molar-refractivity contribution in [2.45, 2.75) is 27.0 Å². The van der Waals surface area contributed by atoms with Gasteiger partial charge in [0.15, 0.2) is 0 Å². The lowest BCUT2D eigenvalue weighted by atomic mass is 10.1. The molecule has 29 heavy (non-hydrogen) atoms. The number of carbonyl (C=O) groups excluding carboxylic acids is 3. The highest BCUT2D eigenvalue weighted by atomic mass is 79.9. The fourth-order valence-corrected chi connectivity index (χ4v) is 3.14. The molecule has 8 nitrogen and oxygen atoms in total. The first-order valence-corrected chi connectivity index (χ1v) is 9.45. The molecule has 0 radical (unpaired) electrons. The van der Waals surface area contributed by atoms with Gasteiger partial charge >= 0.3 is 5.97 Å². The number of anilines is 1. The van der Waals surface area contributed by atoms with E-state index in [0.29, 0.717) is 16.8 Å². The number of hydrogen-bond donors (Lipinski definition) is 1. The Bertz CT molecular complexity index is 1020. The second-order valence-electron chi connectivity index (χ2n) is 6.28. The van der Waals surface area contributed by atoms with Gasteiger partial charge in [-0.15, -0.1) is 5.10 Å². The van der Waals surface area contributed by atoms with Gasteiger partial charge in [0, 0.05) is 36.5 Å². The zero-order valence-corrected chi connectivity index (χ0v) is 17.5. The molecule has 1 atom stereocenters. The van der Waals surface area contributed by atoms with Gasteiger partial charge in [0.25, 0.3) is 0 Å². The quantitative estimate of drug-likeness (QED) is 0.556. The van der Waals surface area contributed by atoms with Crippen molar-refractivity contribution in [3.05, 3.63) is 58.1 Å². The Labute approximate surface area is 175 Å². The number of rotatable bonds is 4. The van der Waals surface area contributed by atoms with E-state index < -0.39 is 12.2 Å². The number of halogens is 1. The minimum absolute atomic E-state index is 0.132. The molecule has 0 saturated carbocycles. The standard InChI is InChI=1S/C20H18BrN3O5/c1-11(25)22-16-6-4-5-14(9-16)20-24(12(2)26)23-19(29-20)17-10-15(21)7-8-18(17)28-13(3)27/h4-10,20H,1-3H3,(H,22,25)/t20-/m0/s1. The summed E-state index contributed by atoms with van der Waals surface area (Å²) in [6.07, 6.45) is -0.833. The predicted molar refractivity (Wildman–Crippen MR) is 109 cm³/mol. The van der Waals surface area contributed by atoms with Crippen LogP contribution in [0.2, 0.25) is 0 Å². The maximum absolute atomic E-state index is 12.2. The van der Waals surface area contributed by atoms with Gasteiger partial charge in [0.05, 0.1) is 5.56 Å². The van der Waals surface area contributed by atoms with Crippen molar-refractivity contribution in [3.63, 3.8) is 0 Å². The highest BCUT2D eigenvalue weighted by Crippen LogP contribution is 2.34. The first-order valence-electron chi connectivity index (χ1n) is 8.65. The van der Waals surface area contributed by atoms with Crippen LogP contribution in [0.3, 0.4) is 0 Å². The summed E-state index contributed by atoms with van der Waals surface area (Å²) in [5.74, 6) is -0.646. The Balaban J connectivity index is 1.98. The van der Waals surface area contributed by atoms with E-state index in [1.54, 1.807) is 42.5 Å². The molecule has 0 fully saturated rings. The van der Waals surface area contributed by atoms with E-state index in [1.807, 2.05) is 0 Å². The van der Waals surface area contributed by atoms with Crippen LogP contribution < -0.4 is 10.1 Å². The van der Waals surface area contributed by atoms with Crippen LogP contribution in [0.5, 0.6) is 5.75 Å². The van der Waals surface area contributed by atoms with Crippen molar-refractivity contribution >= 4 is 45.3 Å². The number of nitrogens with one attached hydrogen (secondary N) is 1. The molecule has 2 aromatic carbocycles. The van der Waals surface area contributed by atoms with Gasteiger partial charge in [-0.3, -0.25) is 14.4 Å². The predicted octanol–water partition coefficient (Wildman–Crippen LogP) is 3.57. The highest BCUT2D eigenvalue weighted by molar-refractivity contribution is 9.10. The number of ether oxygens (including phenoxy) is 2. The summed E-state index contributed by atoms with van der Waals surface area (Å²) < 4.78 is 11.9. The SMILES string of the molecule is CC(=O)Nc1cccc([C@@H]2OC(c3cc(Br)ccc3OC(C)=O)=NN2C(C)=O)c1. The normalized spacial score (nSPS) is 15.4. The number of hydrazone groups is 1. The van der Waals surface area contributed by atoms with Gasteiger partial charge in [0.2, 0.25) is 23.9 Å². The third-order valence-electron chi connectivity index (χ3n) is 3.88. The third-order valence-corrected chi connectivity index (χ3v) is 4.38. The molecule has 3 rings (SSSR count). The molecule has 1 aliphatic rings. The number of esters is 1. The minimum atomic E-state index is -0.833. The van der Waals surface area contributed by atoms with E-state index in [1.165, 1.54) is 25.8 Å². The van der Waals surface area contributed by atoms with Crippen molar-refractivity contribution in [2.75, 3.05) is 5.32 Å². The zero-order valence-electron chi connectivity index (χ0n) is 15.9. The summed E-state index contributed by atoms with van der Waals surface area (Å²) in [5, 5.41) is 8.18. The van der Waals surface area contributed by atoms with Crippen molar-refractivity contribution in [1.29, 1.82) is 0 Å². The molecule has 2 amide bonds. The maximum Gasteiger partial charge on any atom is 0.308 e. The Morgan fingerprint density at radius 3 is 2.55 bits per heavy atom. The molecule has 2 aromatic rings. The lowest BCUT2D eigenvalue weighted by Crippen LogP contribution is -2.25. The van der Waals surface area contributed by atoms with Crippen LogP contribution in [0.4, 0.5) is 5.69 Å². The van der Waals surface area contributed by atoms with Gasteiger partial charge in [0.1, 0.15) is 5.75 Å². The fraction of sp³-hybridized carbons (Fsp3) is 0.200. The minimum Gasteiger partial charge on any atom is -0.446 e. The van der Waals surface area contributed by atoms with Crippen molar-refractivity contribution in [3.8, 4) is 5.75 Å². The number of nitrogens with zero attached hydrogens (tertiary/aromatic N) is 2. The molecule has 0 aromatic heterocycles. The first-order chi connectivity index (χ1) is 13.7. The van der Waals surface area contributed by atoms with E-state index in [-0.39, 0.29) is 23.5 Å². The largest absolute Gasteiger partial charge is 0.446 e. The van der Waals surface area contributed by atoms with Crippen LogP contribution in [0.1, 0.15) is 38.1 Å². The molecule has 1 heterocycles. The fourth-order valence-electron chi connectivity index (χ4n) is 2.78. The van der Waals surface area contributed by atoms with Gasteiger partial charge in [-0.25, -0.2) is 0 Å². The molecule has 0 aliphatic carbocycles. The van der Waals surface area contributed by atoms with E-state index in [4.69, 9.17) is 9.47 Å². The molecule has 0 unspecified atom stereocenters. The van der Waals surface area contributed by atoms with Crippen molar-refractivity contribution < 1.29 is 23.9 Å². The van der Waals surface area contributed by atoms with E-state index >= 15 is 0 Å². The zero-order chi connectivity index (χ0) is 21.1. The lowest BCUT2D eigenvalue weighted by molar-refractivity contribution is -0.135. The molecular formula is C20H18BrN3O5. The van der Waals surface area contributed by atoms with E-state index in [2.05, 4.69) is 26.3 Å². The van der Waals surface area contributed by atoms with Crippen LogP contribution in [0.15, 0.2) is 52.0 Å². The van der Waals surface area contributed by atoms with Crippen LogP contribution in [0, 0.1) is 0 Å². The summed E-state index contributed by atoms with van der Waals surface area (Å²) in [4.78, 5) is 34.9. The molecule has 150 valence electrons. The van der Waals surface area contributed by atoms with Crippen LogP contribution >= 0.6 is 15.9 Å². The first kappa shape index (κ1) is 20.5.